The molecule has 102 valence electrons. The van der Waals surface area contributed by atoms with E-state index < -0.39 is 17.5 Å². The highest BCUT2D eigenvalue weighted by Crippen LogP contribution is 2.32. The molecule has 0 unspecified atom stereocenters. The van der Waals surface area contributed by atoms with Gasteiger partial charge in [-0.25, -0.2) is 13.2 Å². The Balaban J connectivity index is 2.59. The van der Waals surface area contributed by atoms with Gasteiger partial charge >= 0.3 is 0 Å². The molecule has 0 amide bonds. The van der Waals surface area contributed by atoms with Crippen LogP contribution < -0.4 is 4.90 Å². The van der Waals surface area contributed by atoms with Crippen LogP contribution in [0.1, 0.15) is 12.5 Å². The van der Waals surface area contributed by atoms with Gasteiger partial charge in [0.25, 0.3) is 0 Å². The van der Waals surface area contributed by atoms with E-state index in [0.29, 0.717) is 0 Å². The number of rotatable bonds is 3. The highest BCUT2D eigenvalue weighted by molar-refractivity contribution is 5.65. The van der Waals surface area contributed by atoms with E-state index in [1.54, 1.807) is 19.1 Å². The Bertz CT molecular complexity index is 654. The highest BCUT2D eigenvalue weighted by atomic mass is 19.1. The Morgan fingerprint density at radius 1 is 1.05 bits per heavy atom. The lowest BCUT2D eigenvalue weighted by atomic mass is 10.1. The first-order valence-electron chi connectivity index (χ1n) is 5.99. The monoisotopic (exact) mass is 276 g/mol. The molecule has 0 aliphatic rings. The van der Waals surface area contributed by atoms with E-state index in [-0.39, 0.29) is 23.5 Å². The van der Waals surface area contributed by atoms with Gasteiger partial charge in [0.15, 0.2) is 11.6 Å². The van der Waals surface area contributed by atoms with Crippen LogP contribution in [-0.2, 0) is 0 Å². The van der Waals surface area contributed by atoms with Crippen molar-refractivity contribution in [2.45, 2.75) is 6.92 Å². The number of hydrogen-bond acceptors (Lipinski definition) is 2. The largest absolute Gasteiger partial charge is 0.335 e. The van der Waals surface area contributed by atoms with Crippen molar-refractivity contribution in [1.82, 2.24) is 0 Å². The van der Waals surface area contributed by atoms with Gasteiger partial charge in [-0.1, -0.05) is 12.1 Å². The first-order valence-corrected chi connectivity index (χ1v) is 5.99. The van der Waals surface area contributed by atoms with Gasteiger partial charge in [0, 0.05) is 6.54 Å². The smallest absolute Gasteiger partial charge is 0.151 e. The summed E-state index contributed by atoms with van der Waals surface area (Å²) in [5, 5.41) is 8.68. The number of hydrogen-bond donors (Lipinski definition) is 0. The van der Waals surface area contributed by atoms with Crippen molar-refractivity contribution in [1.29, 1.82) is 5.26 Å². The minimum absolute atomic E-state index is 0.0810. The second kappa shape index (κ2) is 5.66. The molecule has 2 nitrogen and oxygen atoms in total. The molecular formula is C15H11F3N2. The standard InChI is InChI=1S/C15H11F3N2/c1-2-20(14-6-4-3-5-11(14)16)15-12(17)7-10(9-19)8-13(15)18/h3-8H,2H2,1H3. The number of anilines is 2. The zero-order chi connectivity index (χ0) is 14.7. The minimum Gasteiger partial charge on any atom is -0.335 e. The van der Waals surface area contributed by atoms with E-state index in [9.17, 15) is 13.2 Å². The lowest BCUT2D eigenvalue weighted by Gasteiger charge is -2.24. The van der Waals surface area contributed by atoms with Crippen molar-refractivity contribution in [3.8, 4) is 6.07 Å². The van der Waals surface area contributed by atoms with Crippen molar-refractivity contribution >= 4 is 11.4 Å². The first-order chi connectivity index (χ1) is 9.58. The van der Waals surface area contributed by atoms with Crippen LogP contribution in [0.15, 0.2) is 36.4 Å². The van der Waals surface area contributed by atoms with Crippen molar-refractivity contribution in [2.24, 2.45) is 0 Å². The Labute approximate surface area is 114 Å². The van der Waals surface area contributed by atoms with Crippen LogP contribution in [0, 0.1) is 28.8 Å². The molecule has 0 saturated heterocycles. The zero-order valence-electron chi connectivity index (χ0n) is 10.7. The van der Waals surface area contributed by atoms with E-state index in [4.69, 9.17) is 5.26 Å². The molecule has 0 atom stereocenters. The van der Waals surface area contributed by atoms with Crippen LogP contribution in [0.3, 0.4) is 0 Å². The molecule has 2 aromatic carbocycles. The molecule has 2 aromatic rings. The summed E-state index contributed by atoms with van der Waals surface area (Å²) in [6.45, 7) is 1.84. The first kappa shape index (κ1) is 13.9. The van der Waals surface area contributed by atoms with E-state index in [0.717, 1.165) is 12.1 Å². The zero-order valence-corrected chi connectivity index (χ0v) is 10.7. The number of nitriles is 1. The summed E-state index contributed by atoms with van der Waals surface area (Å²) < 4.78 is 41.8. The van der Waals surface area contributed by atoms with Crippen LogP contribution in [0.2, 0.25) is 0 Å². The molecule has 0 heterocycles. The molecule has 0 fully saturated rings. The maximum Gasteiger partial charge on any atom is 0.151 e. The van der Waals surface area contributed by atoms with E-state index >= 15 is 0 Å². The number of benzene rings is 2. The fraction of sp³-hybridized carbons (Fsp3) is 0.133. The Morgan fingerprint density at radius 2 is 1.65 bits per heavy atom. The third-order valence-electron chi connectivity index (χ3n) is 2.88. The van der Waals surface area contributed by atoms with Crippen LogP contribution in [0.25, 0.3) is 0 Å². The number of para-hydroxylation sites is 1. The molecule has 0 spiro atoms. The maximum absolute atomic E-state index is 14.0. The van der Waals surface area contributed by atoms with Gasteiger partial charge in [0.05, 0.1) is 17.3 Å². The molecule has 0 aliphatic heterocycles. The van der Waals surface area contributed by atoms with Gasteiger partial charge in [0.1, 0.15) is 11.5 Å². The van der Waals surface area contributed by atoms with Gasteiger partial charge in [0.2, 0.25) is 0 Å². The molecular weight excluding hydrogens is 265 g/mol. The topological polar surface area (TPSA) is 27.0 Å². The van der Waals surface area contributed by atoms with Crippen LogP contribution in [0.5, 0.6) is 0 Å². The van der Waals surface area contributed by atoms with Crippen molar-refractivity contribution < 1.29 is 13.2 Å². The average Bonchev–Trinajstić information content (AvgIpc) is 2.43. The summed E-state index contributed by atoms with van der Waals surface area (Å²) in [4.78, 5) is 1.20. The van der Waals surface area contributed by atoms with Gasteiger partial charge in [-0.3, -0.25) is 0 Å². The Morgan fingerprint density at radius 3 is 2.15 bits per heavy atom. The maximum atomic E-state index is 14.0. The fourth-order valence-electron chi connectivity index (χ4n) is 2.01. The SMILES string of the molecule is CCN(c1ccccc1F)c1c(F)cc(C#N)cc1F. The molecule has 0 saturated carbocycles. The van der Waals surface area contributed by atoms with Crippen molar-refractivity contribution in [3.05, 3.63) is 59.4 Å². The van der Waals surface area contributed by atoms with Crippen LogP contribution >= 0.6 is 0 Å². The molecule has 0 radical (unpaired) electrons. The van der Waals surface area contributed by atoms with E-state index in [1.807, 2.05) is 0 Å². The highest BCUT2D eigenvalue weighted by Gasteiger charge is 2.20. The lowest BCUT2D eigenvalue weighted by molar-refractivity contribution is 0.576. The predicted molar refractivity (Wildman–Crippen MR) is 70.2 cm³/mol. The fourth-order valence-corrected chi connectivity index (χ4v) is 2.01. The Kier molecular flexibility index (Phi) is 3.94. The summed E-state index contributed by atoms with van der Waals surface area (Å²) in [6, 6.07) is 9.28. The molecule has 2 rings (SSSR count). The summed E-state index contributed by atoms with van der Waals surface area (Å²) >= 11 is 0. The second-order valence-corrected chi connectivity index (χ2v) is 4.10. The third-order valence-corrected chi connectivity index (χ3v) is 2.88. The summed E-state index contributed by atoms with van der Waals surface area (Å²) in [6.07, 6.45) is 0. The van der Waals surface area contributed by atoms with E-state index in [2.05, 4.69) is 0 Å². The second-order valence-electron chi connectivity index (χ2n) is 4.10. The van der Waals surface area contributed by atoms with E-state index in [1.165, 1.54) is 23.1 Å². The van der Waals surface area contributed by atoms with Crippen molar-refractivity contribution in [3.63, 3.8) is 0 Å². The Hall–Kier alpha value is -2.48. The normalized spacial score (nSPS) is 10.2. The molecule has 5 heteroatoms. The number of halogens is 3. The molecule has 0 bridgehead atoms. The van der Waals surface area contributed by atoms with Gasteiger partial charge in [-0.2, -0.15) is 5.26 Å². The van der Waals surface area contributed by atoms with Crippen LogP contribution in [0.4, 0.5) is 24.5 Å². The predicted octanol–water partition coefficient (Wildman–Crippen LogP) is 4.13. The molecule has 0 aliphatic carbocycles. The molecule has 0 aromatic heterocycles. The van der Waals surface area contributed by atoms with Gasteiger partial charge in [-0.05, 0) is 31.2 Å². The number of nitrogens with zero attached hydrogens (tertiary/aromatic N) is 2. The lowest BCUT2D eigenvalue weighted by Crippen LogP contribution is -2.20. The van der Waals surface area contributed by atoms with Crippen molar-refractivity contribution in [2.75, 3.05) is 11.4 Å². The third kappa shape index (κ3) is 2.45. The summed E-state index contributed by atoms with van der Waals surface area (Å²) in [7, 11) is 0. The average molecular weight is 276 g/mol. The minimum atomic E-state index is -0.897. The molecule has 20 heavy (non-hydrogen) atoms. The molecule has 0 N–H and O–H groups in total. The van der Waals surface area contributed by atoms with Gasteiger partial charge < -0.3 is 4.90 Å². The summed E-state index contributed by atoms with van der Waals surface area (Å²) in [5.41, 5.74) is -0.401. The van der Waals surface area contributed by atoms with Gasteiger partial charge in [-0.15, -0.1) is 0 Å². The quantitative estimate of drug-likeness (QED) is 0.842. The van der Waals surface area contributed by atoms with Crippen LogP contribution in [-0.4, -0.2) is 6.54 Å². The summed E-state index contributed by atoms with van der Waals surface area (Å²) in [5.74, 6) is -2.36.